The molecule has 3 aliphatic rings. The molecule has 3 saturated heterocycles. The summed E-state index contributed by atoms with van der Waals surface area (Å²) >= 11 is 5.43. The topological polar surface area (TPSA) is 87.2 Å². The van der Waals surface area contributed by atoms with Crippen molar-refractivity contribution < 1.29 is 24.2 Å². The van der Waals surface area contributed by atoms with Gasteiger partial charge in [-0.05, 0) is 51.9 Å². The smallest absolute Gasteiger partial charge is 0.310 e. The normalized spacial score (nSPS) is 30.8. The monoisotopic (exact) mass is 598 g/mol. The van der Waals surface area contributed by atoms with Crippen molar-refractivity contribution in [2.45, 2.75) is 92.1 Å². The summed E-state index contributed by atoms with van der Waals surface area (Å²) < 4.78 is 5.02. The second kappa shape index (κ2) is 13.7. The Morgan fingerprint density at radius 1 is 1.30 bits per heavy atom. The number of amides is 2. The number of aliphatic hydroxyl groups excluding tert-OH is 1. The van der Waals surface area contributed by atoms with Gasteiger partial charge in [0.05, 0.1) is 23.2 Å². The number of allylic oxidation sites excluding steroid dienone is 1. The summed E-state index contributed by atoms with van der Waals surface area (Å²) in [6.07, 6.45) is 9.73. The van der Waals surface area contributed by atoms with Crippen molar-refractivity contribution in [1.29, 1.82) is 0 Å². The molecule has 2 bridgehead atoms. The Bertz CT molecular complexity index is 856. The molecule has 0 aliphatic carbocycles. The van der Waals surface area contributed by atoms with Gasteiger partial charge in [0.1, 0.15) is 6.04 Å². The summed E-state index contributed by atoms with van der Waals surface area (Å²) in [5.74, 6) is -1.67. The first-order chi connectivity index (χ1) is 17.8. The number of esters is 1. The lowest BCUT2D eigenvalue weighted by Gasteiger charge is -2.39. The number of carbonyl (C=O) groups excluding carboxylic acids is 3. The molecule has 37 heavy (non-hydrogen) atoms. The van der Waals surface area contributed by atoms with E-state index in [2.05, 4.69) is 36.0 Å². The quantitative estimate of drug-likeness (QED) is 0.123. The van der Waals surface area contributed by atoms with E-state index in [0.717, 1.165) is 32.1 Å². The predicted molar refractivity (Wildman–Crippen MR) is 152 cm³/mol. The first-order valence-electron chi connectivity index (χ1n) is 13.7. The molecule has 0 aromatic rings. The van der Waals surface area contributed by atoms with Crippen molar-refractivity contribution in [3.63, 3.8) is 0 Å². The molecule has 7 nitrogen and oxygen atoms in total. The van der Waals surface area contributed by atoms with Gasteiger partial charge in [-0.25, -0.2) is 0 Å². The van der Waals surface area contributed by atoms with Gasteiger partial charge in [-0.15, -0.1) is 24.9 Å². The number of nitrogens with zero attached hydrogens (tertiary/aromatic N) is 2. The molecule has 3 aliphatic heterocycles. The second-order valence-electron chi connectivity index (χ2n) is 10.5. The first kappa shape index (κ1) is 30.2. The number of aliphatic hydroxyl groups is 1. The lowest BCUT2D eigenvalue weighted by Crippen LogP contribution is -2.57. The Kier molecular flexibility index (Phi) is 11.2. The molecule has 208 valence electrons. The molecule has 1 spiro atoms. The van der Waals surface area contributed by atoms with Crippen LogP contribution in [-0.4, -0.2) is 85.9 Å². The van der Waals surface area contributed by atoms with E-state index in [1.807, 2.05) is 17.9 Å². The summed E-state index contributed by atoms with van der Waals surface area (Å²) in [6, 6.07) is -0.636. The fraction of sp³-hybridized carbons (Fsp3) is 0.750. The molecule has 3 fully saturated rings. The molecule has 4 unspecified atom stereocenters. The number of thioether (sulfide) groups is 1. The van der Waals surface area contributed by atoms with Crippen molar-refractivity contribution in [3.05, 3.63) is 25.3 Å². The van der Waals surface area contributed by atoms with Gasteiger partial charge in [0.15, 0.2) is 0 Å². The van der Waals surface area contributed by atoms with Gasteiger partial charge < -0.3 is 19.6 Å². The highest BCUT2D eigenvalue weighted by Gasteiger charge is 2.76. The fourth-order valence-corrected chi connectivity index (χ4v) is 9.92. The largest absolute Gasteiger partial charge is 0.465 e. The van der Waals surface area contributed by atoms with Crippen LogP contribution in [0.25, 0.3) is 0 Å². The Morgan fingerprint density at radius 3 is 2.70 bits per heavy atom. The van der Waals surface area contributed by atoms with Gasteiger partial charge in [0, 0.05) is 35.8 Å². The van der Waals surface area contributed by atoms with Crippen LogP contribution in [0.3, 0.4) is 0 Å². The fourth-order valence-electron chi connectivity index (χ4n) is 6.33. The predicted octanol–water partition coefficient (Wildman–Crippen LogP) is 4.33. The van der Waals surface area contributed by atoms with E-state index in [1.54, 1.807) is 22.7 Å². The molecule has 3 rings (SSSR count). The molecule has 0 aromatic heterocycles. The van der Waals surface area contributed by atoms with E-state index in [1.165, 1.54) is 0 Å². The van der Waals surface area contributed by atoms with Gasteiger partial charge in [0.2, 0.25) is 11.8 Å². The lowest BCUT2D eigenvalue weighted by molar-refractivity contribution is -0.154. The van der Waals surface area contributed by atoms with Crippen LogP contribution >= 0.6 is 27.7 Å². The number of rotatable bonds is 16. The van der Waals surface area contributed by atoms with Gasteiger partial charge in [-0.3, -0.25) is 14.4 Å². The summed E-state index contributed by atoms with van der Waals surface area (Å²) in [7, 11) is 0. The molecule has 1 N–H and O–H groups in total. The van der Waals surface area contributed by atoms with Crippen molar-refractivity contribution in [1.82, 2.24) is 9.80 Å². The number of fused-ring (bicyclic) bond motifs is 1. The number of carbonyl (C=O) groups is 3. The van der Waals surface area contributed by atoms with Crippen molar-refractivity contribution in [2.75, 3.05) is 26.3 Å². The first-order valence-corrected chi connectivity index (χ1v) is 15.5. The standard InChI is InChI=1S/C28H43BrN2O5S/c1-5-8-9-12-17-36-27(35)21-22-25(33)31(15-10-11-16-32)24(28(22)18-20(29)23(21)37-28)26(34)30(14-7-3)19(4)13-6-2/h5,7,19-24,32H,1,3,6,8-18H2,2,4H3/t19?,20?,21-,22+,23-,24?,28?/m1/s1. The second-order valence-corrected chi connectivity index (χ2v) is 13.2. The van der Waals surface area contributed by atoms with Crippen molar-refractivity contribution in [2.24, 2.45) is 11.8 Å². The van der Waals surface area contributed by atoms with Gasteiger partial charge >= 0.3 is 5.97 Å². The Hall–Kier alpha value is -1.32. The lowest BCUT2D eigenvalue weighted by atomic mass is 9.71. The minimum Gasteiger partial charge on any atom is -0.465 e. The molecule has 0 saturated carbocycles. The van der Waals surface area contributed by atoms with E-state index in [9.17, 15) is 19.5 Å². The number of hydrogen-bond donors (Lipinski definition) is 1. The number of alkyl halides is 1. The van der Waals surface area contributed by atoms with Crippen LogP contribution in [-0.2, 0) is 19.1 Å². The van der Waals surface area contributed by atoms with E-state index < -0.39 is 22.6 Å². The van der Waals surface area contributed by atoms with Crippen LogP contribution in [0, 0.1) is 11.8 Å². The maximum Gasteiger partial charge on any atom is 0.310 e. The molecule has 3 heterocycles. The summed E-state index contributed by atoms with van der Waals surface area (Å²) in [4.78, 5) is 45.3. The van der Waals surface area contributed by atoms with E-state index in [0.29, 0.717) is 39.0 Å². The van der Waals surface area contributed by atoms with Crippen LogP contribution in [0.1, 0.15) is 65.2 Å². The number of halogens is 1. The minimum absolute atomic E-state index is 0.0139. The van der Waals surface area contributed by atoms with Crippen molar-refractivity contribution in [3.8, 4) is 0 Å². The summed E-state index contributed by atoms with van der Waals surface area (Å²) in [5.41, 5.74) is 0. The Morgan fingerprint density at radius 2 is 2.05 bits per heavy atom. The van der Waals surface area contributed by atoms with Gasteiger partial charge in [-0.2, -0.15) is 0 Å². The van der Waals surface area contributed by atoms with Crippen LogP contribution in [0.15, 0.2) is 25.3 Å². The Labute approximate surface area is 234 Å². The van der Waals surface area contributed by atoms with Crippen LogP contribution in [0.5, 0.6) is 0 Å². The molecule has 9 heteroatoms. The summed E-state index contributed by atoms with van der Waals surface area (Å²) in [6.45, 7) is 12.9. The zero-order chi connectivity index (χ0) is 27.2. The van der Waals surface area contributed by atoms with Gasteiger partial charge in [0.25, 0.3) is 0 Å². The van der Waals surface area contributed by atoms with E-state index in [4.69, 9.17) is 4.74 Å². The molecule has 0 radical (unpaired) electrons. The number of unbranched alkanes of at least 4 members (excludes halogenated alkanes) is 3. The zero-order valence-corrected chi connectivity index (χ0v) is 24.7. The third kappa shape index (κ3) is 5.98. The highest BCUT2D eigenvalue weighted by atomic mass is 79.9. The van der Waals surface area contributed by atoms with Crippen LogP contribution in [0.2, 0.25) is 0 Å². The minimum atomic E-state index is -0.676. The molecule has 0 aromatic carbocycles. The third-order valence-electron chi connectivity index (χ3n) is 8.00. The number of ether oxygens (including phenoxy) is 1. The number of hydrogen-bond acceptors (Lipinski definition) is 6. The van der Waals surface area contributed by atoms with Crippen LogP contribution in [0.4, 0.5) is 0 Å². The third-order valence-corrected chi connectivity index (χ3v) is 11.2. The van der Waals surface area contributed by atoms with E-state index in [-0.39, 0.29) is 40.5 Å². The summed E-state index contributed by atoms with van der Waals surface area (Å²) in [5, 5.41) is 9.25. The molecule has 2 amide bonds. The highest BCUT2D eigenvalue weighted by Crippen LogP contribution is 2.68. The van der Waals surface area contributed by atoms with E-state index >= 15 is 0 Å². The Balaban J connectivity index is 1.93. The average molecular weight is 600 g/mol. The molecular weight excluding hydrogens is 556 g/mol. The SMILES string of the molecule is C=CCCCCOC(=O)[C@H]1[C@@H]2SC3(CC2Br)C(C(=O)N(CC=C)C(C)CCC)N(CCCCO)C(=O)[C@H]13. The maximum absolute atomic E-state index is 14.3. The van der Waals surface area contributed by atoms with Crippen molar-refractivity contribution >= 4 is 45.5 Å². The average Bonchev–Trinajstić information content (AvgIpc) is 3.45. The van der Waals surface area contributed by atoms with Crippen LogP contribution < -0.4 is 0 Å². The zero-order valence-electron chi connectivity index (χ0n) is 22.3. The van der Waals surface area contributed by atoms with Gasteiger partial charge in [-0.1, -0.05) is 41.4 Å². The molecular formula is C28H43BrN2O5S. The molecule has 7 atom stereocenters. The number of likely N-dealkylation sites (tertiary alicyclic amines) is 1. The maximum atomic E-state index is 14.3. The highest BCUT2D eigenvalue weighted by molar-refractivity contribution is 9.09.